The lowest BCUT2D eigenvalue weighted by Crippen LogP contribution is -2.05. The summed E-state index contributed by atoms with van der Waals surface area (Å²) in [6, 6.07) is 10.5. The molecule has 0 N–H and O–H groups in total. The lowest BCUT2D eigenvalue weighted by Gasteiger charge is -2.17. The SMILES string of the molecule is CC(C)(C)C1=CC(=CCc2ccccc2)[C]=C1. The standard InChI is InChI=1S/C17H19/c1-17(2,3)16-12-11-15(13-16)10-9-14-7-5-4-6-8-14/h4-8,10,12-13H,9H2,1-3H3. The van der Waals surface area contributed by atoms with Crippen LogP contribution in [0, 0.1) is 11.5 Å². The first-order valence-corrected chi connectivity index (χ1v) is 6.12. The van der Waals surface area contributed by atoms with E-state index >= 15 is 0 Å². The summed E-state index contributed by atoms with van der Waals surface area (Å²) in [5, 5.41) is 0. The van der Waals surface area contributed by atoms with E-state index in [-0.39, 0.29) is 5.41 Å². The molecule has 0 atom stereocenters. The van der Waals surface area contributed by atoms with Crippen LogP contribution < -0.4 is 0 Å². The van der Waals surface area contributed by atoms with Gasteiger partial charge >= 0.3 is 0 Å². The predicted octanol–water partition coefficient (Wildman–Crippen LogP) is 4.50. The van der Waals surface area contributed by atoms with E-state index in [4.69, 9.17) is 0 Å². The summed E-state index contributed by atoms with van der Waals surface area (Å²) in [5.41, 5.74) is 4.13. The Kier molecular flexibility index (Phi) is 3.33. The minimum Gasteiger partial charge on any atom is -0.0722 e. The van der Waals surface area contributed by atoms with E-state index < -0.39 is 0 Å². The second kappa shape index (κ2) is 4.75. The smallest absolute Gasteiger partial charge is 0.00882 e. The van der Waals surface area contributed by atoms with Crippen molar-refractivity contribution >= 4 is 0 Å². The summed E-state index contributed by atoms with van der Waals surface area (Å²) in [7, 11) is 0. The van der Waals surface area contributed by atoms with E-state index in [0.29, 0.717) is 0 Å². The molecule has 0 nitrogen and oxygen atoms in total. The molecule has 0 bridgehead atoms. The molecule has 0 heterocycles. The Balaban J connectivity index is 2.07. The second-order valence-corrected chi connectivity index (χ2v) is 5.49. The molecule has 0 aliphatic heterocycles. The van der Waals surface area contributed by atoms with Crippen LogP contribution in [-0.4, -0.2) is 0 Å². The van der Waals surface area contributed by atoms with Crippen LogP contribution in [0.3, 0.4) is 0 Å². The molecule has 1 aliphatic carbocycles. The molecule has 0 heteroatoms. The fraction of sp³-hybridized carbons (Fsp3) is 0.294. The summed E-state index contributed by atoms with van der Waals surface area (Å²) in [6.07, 6.45) is 10.9. The van der Waals surface area contributed by atoms with Crippen LogP contribution in [0.5, 0.6) is 0 Å². The first-order chi connectivity index (χ1) is 8.05. The van der Waals surface area contributed by atoms with Crippen molar-refractivity contribution < 1.29 is 0 Å². The lowest BCUT2D eigenvalue weighted by molar-refractivity contribution is 0.518. The zero-order valence-electron chi connectivity index (χ0n) is 10.8. The topological polar surface area (TPSA) is 0 Å². The molecule has 1 aromatic carbocycles. The maximum atomic E-state index is 3.33. The summed E-state index contributed by atoms with van der Waals surface area (Å²) in [5.74, 6) is 0. The normalized spacial score (nSPS) is 17.6. The first kappa shape index (κ1) is 11.9. The van der Waals surface area contributed by atoms with Gasteiger partial charge in [-0.25, -0.2) is 0 Å². The van der Waals surface area contributed by atoms with Crippen molar-refractivity contribution in [3.8, 4) is 0 Å². The molecule has 1 aromatic rings. The number of benzene rings is 1. The van der Waals surface area contributed by atoms with Gasteiger partial charge in [-0.15, -0.1) is 0 Å². The third-order valence-corrected chi connectivity index (χ3v) is 2.97. The summed E-state index contributed by atoms with van der Waals surface area (Å²) in [4.78, 5) is 0. The molecule has 2 rings (SSSR count). The van der Waals surface area contributed by atoms with Crippen molar-refractivity contribution in [3.05, 3.63) is 71.3 Å². The van der Waals surface area contributed by atoms with Crippen LogP contribution in [0.15, 0.2) is 59.7 Å². The third-order valence-electron chi connectivity index (χ3n) is 2.97. The van der Waals surface area contributed by atoms with Gasteiger partial charge in [0.2, 0.25) is 0 Å². The number of allylic oxidation sites excluding steroid dienone is 6. The maximum absolute atomic E-state index is 3.33. The number of hydrogen-bond acceptors (Lipinski definition) is 0. The minimum atomic E-state index is 0.218. The average molecular weight is 223 g/mol. The van der Waals surface area contributed by atoms with E-state index in [0.717, 1.165) is 6.42 Å². The van der Waals surface area contributed by atoms with Gasteiger partial charge in [0.25, 0.3) is 0 Å². The van der Waals surface area contributed by atoms with Crippen LogP contribution in [-0.2, 0) is 6.42 Å². The summed E-state index contributed by atoms with van der Waals surface area (Å²) < 4.78 is 0. The summed E-state index contributed by atoms with van der Waals surface area (Å²) in [6.45, 7) is 6.70. The fourth-order valence-electron chi connectivity index (χ4n) is 1.80. The molecule has 0 unspecified atom stereocenters. The molecule has 0 aromatic heterocycles. The third kappa shape index (κ3) is 3.20. The Morgan fingerprint density at radius 3 is 2.41 bits per heavy atom. The quantitative estimate of drug-likeness (QED) is 0.692. The molecule has 0 saturated carbocycles. The number of rotatable bonds is 2. The Morgan fingerprint density at radius 2 is 1.82 bits per heavy atom. The van der Waals surface area contributed by atoms with Gasteiger partial charge in [0.1, 0.15) is 0 Å². The molecule has 0 fully saturated rings. The van der Waals surface area contributed by atoms with Crippen molar-refractivity contribution in [1.82, 2.24) is 0 Å². The second-order valence-electron chi connectivity index (χ2n) is 5.49. The van der Waals surface area contributed by atoms with Gasteiger partial charge in [0, 0.05) is 0 Å². The zero-order chi connectivity index (χ0) is 12.3. The molecule has 0 spiro atoms. The average Bonchev–Trinajstić information content (AvgIpc) is 2.76. The van der Waals surface area contributed by atoms with Crippen LogP contribution in [0.1, 0.15) is 26.3 Å². The minimum absolute atomic E-state index is 0.218. The van der Waals surface area contributed by atoms with E-state index in [1.54, 1.807) is 0 Å². The van der Waals surface area contributed by atoms with Crippen molar-refractivity contribution in [2.75, 3.05) is 0 Å². The fourth-order valence-corrected chi connectivity index (χ4v) is 1.80. The first-order valence-electron chi connectivity index (χ1n) is 6.12. The molecular formula is C17H19. The molecule has 0 saturated heterocycles. The van der Waals surface area contributed by atoms with Crippen LogP contribution >= 0.6 is 0 Å². The maximum Gasteiger partial charge on any atom is -0.00882 e. The molecule has 17 heavy (non-hydrogen) atoms. The molecule has 0 amide bonds. The van der Waals surface area contributed by atoms with Crippen molar-refractivity contribution in [2.45, 2.75) is 27.2 Å². The molecule has 87 valence electrons. The molecule has 1 aliphatic rings. The van der Waals surface area contributed by atoms with Crippen LogP contribution in [0.4, 0.5) is 0 Å². The van der Waals surface area contributed by atoms with Crippen LogP contribution in [0.25, 0.3) is 0 Å². The highest BCUT2D eigenvalue weighted by atomic mass is 14.2. The van der Waals surface area contributed by atoms with E-state index in [2.05, 4.69) is 75.4 Å². The highest BCUT2D eigenvalue weighted by Gasteiger charge is 2.17. The largest absolute Gasteiger partial charge is 0.0722 e. The number of hydrogen-bond donors (Lipinski definition) is 0. The lowest BCUT2D eigenvalue weighted by atomic mass is 9.87. The predicted molar refractivity (Wildman–Crippen MR) is 73.6 cm³/mol. The van der Waals surface area contributed by atoms with Gasteiger partial charge in [-0.05, 0) is 40.7 Å². The molecular weight excluding hydrogens is 204 g/mol. The Bertz CT molecular complexity index is 465. The van der Waals surface area contributed by atoms with E-state index in [1.807, 2.05) is 0 Å². The van der Waals surface area contributed by atoms with Gasteiger partial charge in [0.05, 0.1) is 0 Å². The van der Waals surface area contributed by atoms with E-state index in [9.17, 15) is 0 Å². The zero-order valence-corrected chi connectivity index (χ0v) is 10.8. The van der Waals surface area contributed by atoms with Gasteiger partial charge in [0.15, 0.2) is 0 Å². The van der Waals surface area contributed by atoms with E-state index in [1.165, 1.54) is 16.7 Å². The Morgan fingerprint density at radius 1 is 1.12 bits per heavy atom. The highest BCUT2D eigenvalue weighted by molar-refractivity contribution is 5.45. The van der Waals surface area contributed by atoms with Gasteiger partial charge in [-0.1, -0.05) is 63.3 Å². The Labute approximate surface area is 104 Å². The monoisotopic (exact) mass is 223 g/mol. The van der Waals surface area contributed by atoms with Gasteiger partial charge in [-0.3, -0.25) is 0 Å². The summed E-state index contributed by atoms with van der Waals surface area (Å²) >= 11 is 0. The Hall–Kier alpha value is -1.56. The van der Waals surface area contributed by atoms with Crippen LogP contribution in [0.2, 0.25) is 0 Å². The van der Waals surface area contributed by atoms with Crippen molar-refractivity contribution in [2.24, 2.45) is 5.41 Å². The van der Waals surface area contributed by atoms with Gasteiger partial charge in [-0.2, -0.15) is 0 Å². The highest BCUT2D eigenvalue weighted by Crippen LogP contribution is 2.31. The molecule has 1 radical (unpaired) electrons. The van der Waals surface area contributed by atoms with Crippen molar-refractivity contribution in [3.63, 3.8) is 0 Å². The van der Waals surface area contributed by atoms with Crippen molar-refractivity contribution in [1.29, 1.82) is 0 Å². The van der Waals surface area contributed by atoms with Gasteiger partial charge < -0.3 is 0 Å².